The lowest BCUT2D eigenvalue weighted by molar-refractivity contribution is -0.142. The van der Waals surface area contributed by atoms with Gasteiger partial charge in [-0.1, -0.05) is 0 Å². The summed E-state index contributed by atoms with van der Waals surface area (Å²) in [6.07, 6.45) is 1.60. The SMILES string of the molecule is NCCCCN1C(=O)C2C(CO)C2C1=O. The van der Waals surface area contributed by atoms with E-state index in [-0.39, 0.29) is 36.2 Å². The van der Waals surface area contributed by atoms with Crippen LogP contribution in [-0.2, 0) is 9.59 Å². The number of carbonyl (C=O) groups is 2. The first-order valence-electron chi connectivity index (χ1n) is 5.38. The maximum atomic E-state index is 11.7. The molecular formula is C10H16N2O3. The van der Waals surface area contributed by atoms with Crippen LogP contribution in [0.25, 0.3) is 0 Å². The van der Waals surface area contributed by atoms with E-state index in [1.807, 2.05) is 0 Å². The monoisotopic (exact) mass is 212 g/mol. The molecule has 0 aromatic heterocycles. The van der Waals surface area contributed by atoms with E-state index in [2.05, 4.69) is 0 Å². The number of carbonyl (C=O) groups excluding carboxylic acids is 2. The summed E-state index contributed by atoms with van der Waals surface area (Å²) >= 11 is 0. The molecule has 3 N–H and O–H groups in total. The summed E-state index contributed by atoms with van der Waals surface area (Å²) in [7, 11) is 0. The van der Waals surface area contributed by atoms with Gasteiger partial charge in [0.1, 0.15) is 0 Å². The summed E-state index contributed by atoms with van der Waals surface area (Å²) < 4.78 is 0. The maximum Gasteiger partial charge on any atom is 0.233 e. The number of unbranched alkanes of at least 4 members (excludes halogenated alkanes) is 1. The van der Waals surface area contributed by atoms with Crippen molar-refractivity contribution in [1.29, 1.82) is 0 Å². The van der Waals surface area contributed by atoms with E-state index in [1.54, 1.807) is 0 Å². The number of aliphatic hydroxyl groups excluding tert-OH is 1. The zero-order valence-corrected chi connectivity index (χ0v) is 8.56. The van der Waals surface area contributed by atoms with Gasteiger partial charge in [-0.3, -0.25) is 14.5 Å². The van der Waals surface area contributed by atoms with Crippen molar-refractivity contribution in [1.82, 2.24) is 4.90 Å². The van der Waals surface area contributed by atoms with Crippen LogP contribution < -0.4 is 5.73 Å². The number of piperidine rings is 1. The first-order valence-corrected chi connectivity index (χ1v) is 5.38. The first-order chi connectivity index (χ1) is 7.22. The Balaban J connectivity index is 1.89. The Kier molecular flexibility index (Phi) is 2.75. The van der Waals surface area contributed by atoms with Gasteiger partial charge in [-0.15, -0.1) is 0 Å². The Hall–Kier alpha value is -0.940. The Bertz CT molecular complexity index is 270. The van der Waals surface area contributed by atoms with Crippen LogP contribution in [0.5, 0.6) is 0 Å². The van der Waals surface area contributed by atoms with Gasteiger partial charge < -0.3 is 10.8 Å². The van der Waals surface area contributed by atoms with E-state index in [4.69, 9.17) is 10.8 Å². The summed E-state index contributed by atoms with van der Waals surface area (Å²) in [6.45, 7) is 1.02. The van der Waals surface area contributed by atoms with Crippen molar-refractivity contribution in [3.05, 3.63) is 0 Å². The molecule has 1 aliphatic carbocycles. The van der Waals surface area contributed by atoms with Crippen LogP contribution in [0.1, 0.15) is 12.8 Å². The van der Waals surface area contributed by atoms with Crippen molar-refractivity contribution in [2.45, 2.75) is 12.8 Å². The van der Waals surface area contributed by atoms with Gasteiger partial charge in [0.05, 0.1) is 11.8 Å². The van der Waals surface area contributed by atoms with Gasteiger partial charge in [-0.05, 0) is 19.4 Å². The summed E-state index contributed by atoms with van der Waals surface area (Å²) in [5.74, 6) is -0.737. The lowest BCUT2D eigenvalue weighted by atomic mass is 10.2. The fraction of sp³-hybridized carbons (Fsp3) is 0.800. The number of hydrogen-bond donors (Lipinski definition) is 2. The summed E-state index contributed by atoms with van der Waals surface area (Å²) in [5.41, 5.74) is 5.34. The zero-order chi connectivity index (χ0) is 11.0. The molecule has 0 bridgehead atoms. The number of amides is 2. The molecule has 1 saturated heterocycles. The maximum absolute atomic E-state index is 11.7. The van der Waals surface area contributed by atoms with E-state index >= 15 is 0 Å². The van der Waals surface area contributed by atoms with Gasteiger partial charge >= 0.3 is 0 Å². The van der Waals surface area contributed by atoms with Crippen LogP contribution in [0.15, 0.2) is 0 Å². The van der Waals surface area contributed by atoms with Crippen molar-refractivity contribution >= 4 is 11.8 Å². The molecule has 5 heteroatoms. The Morgan fingerprint density at radius 3 is 2.27 bits per heavy atom. The van der Waals surface area contributed by atoms with Crippen molar-refractivity contribution in [3.63, 3.8) is 0 Å². The number of imide groups is 1. The largest absolute Gasteiger partial charge is 0.396 e. The molecule has 2 fully saturated rings. The van der Waals surface area contributed by atoms with E-state index in [0.717, 1.165) is 12.8 Å². The van der Waals surface area contributed by atoms with Gasteiger partial charge in [-0.2, -0.15) is 0 Å². The van der Waals surface area contributed by atoms with E-state index in [9.17, 15) is 9.59 Å². The third-order valence-corrected chi connectivity index (χ3v) is 3.32. The summed E-state index contributed by atoms with van der Waals surface area (Å²) in [4.78, 5) is 24.7. The van der Waals surface area contributed by atoms with Gasteiger partial charge in [0.2, 0.25) is 11.8 Å². The molecule has 1 saturated carbocycles. The third kappa shape index (κ3) is 1.55. The standard InChI is InChI=1S/C10H16N2O3/c11-3-1-2-4-12-9(14)7-6(5-13)8(7)10(12)15/h6-8,13H,1-5,11H2. The molecule has 2 amide bonds. The van der Waals surface area contributed by atoms with Crippen molar-refractivity contribution in [2.75, 3.05) is 19.7 Å². The highest BCUT2D eigenvalue weighted by Gasteiger charge is 2.66. The van der Waals surface area contributed by atoms with Gasteiger partial charge in [0, 0.05) is 19.1 Å². The second kappa shape index (κ2) is 3.90. The van der Waals surface area contributed by atoms with Crippen LogP contribution in [0.4, 0.5) is 0 Å². The van der Waals surface area contributed by atoms with Gasteiger partial charge in [0.25, 0.3) is 0 Å². The van der Waals surface area contributed by atoms with E-state index in [1.165, 1.54) is 4.90 Å². The number of aliphatic hydroxyl groups is 1. The smallest absolute Gasteiger partial charge is 0.233 e. The third-order valence-electron chi connectivity index (χ3n) is 3.32. The van der Waals surface area contributed by atoms with Gasteiger partial charge in [0.15, 0.2) is 0 Å². The minimum absolute atomic E-state index is 0.0521. The second-order valence-corrected chi connectivity index (χ2v) is 4.22. The van der Waals surface area contributed by atoms with E-state index in [0.29, 0.717) is 13.1 Å². The van der Waals surface area contributed by atoms with Crippen LogP contribution in [0, 0.1) is 17.8 Å². The molecule has 0 spiro atoms. The first kappa shape index (κ1) is 10.6. The lowest BCUT2D eigenvalue weighted by Gasteiger charge is -2.17. The number of nitrogens with two attached hydrogens (primary N) is 1. The van der Waals surface area contributed by atoms with Crippen LogP contribution >= 0.6 is 0 Å². The molecule has 1 heterocycles. The molecule has 84 valence electrons. The van der Waals surface area contributed by atoms with E-state index < -0.39 is 0 Å². The Morgan fingerprint density at radius 1 is 1.20 bits per heavy atom. The van der Waals surface area contributed by atoms with Crippen LogP contribution in [0.3, 0.4) is 0 Å². The number of rotatable bonds is 5. The Morgan fingerprint density at radius 2 is 1.80 bits per heavy atom. The average Bonchev–Trinajstić information content (AvgIpc) is 2.91. The van der Waals surface area contributed by atoms with Crippen LogP contribution in [-0.4, -0.2) is 41.5 Å². The highest BCUT2D eigenvalue weighted by atomic mass is 16.3. The molecule has 2 atom stereocenters. The predicted octanol–water partition coefficient (Wildman–Crippen LogP) is -1.05. The average molecular weight is 212 g/mol. The molecule has 2 unspecified atom stereocenters. The minimum atomic E-state index is -0.222. The molecule has 15 heavy (non-hydrogen) atoms. The lowest BCUT2D eigenvalue weighted by Crippen LogP contribution is -2.36. The Labute approximate surface area is 88.2 Å². The molecular weight excluding hydrogens is 196 g/mol. The van der Waals surface area contributed by atoms with Crippen molar-refractivity contribution in [3.8, 4) is 0 Å². The zero-order valence-electron chi connectivity index (χ0n) is 8.56. The number of fused-ring (bicyclic) bond motifs is 1. The predicted molar refractivity (Wildman–Crippen MR) is 52.6 cm³/mol. The second-order valence-electron chi connectivity index (χ2n) is 4.22. The van der Waals surface area contributed by atoms with Crippen molar-refractivity contribution < 1.29 is 14.7 Å². The number of nitrogens with zero attached hydrogens (tertiary/aromatic N) is 1. The number of hydrogen-bond acceptors (Lipinski definition) is 4. The van der Waals surface area contributed by atoms with Crippen molar-refractivity contribution in [2.24, 2.45) is 23.5 Å². The molecule has 0 aromatic carbocycles. The van der Waals surface area contributed by atoms with Gasteiger partial charge in [-0.25, -0.2) is 0 Å². The minimum Gasteiger partial charge on any atom is -0.396 e. The molecule has 2 rings (SSSR count). The summed E-state index contributed by atoms with van der Waals surface area (Å²) in [6, 6.07) is 0. The molecule has 0 radical (unpaired) electrons. The topological polar surface area (TPSA) is 83.6 Å². The fourth-order valence-electron chi connectivity index (χ4n) is 2.38. The molecule has 5 nitrogen and oxygen atoms in total. The fourth-order valence-corrected chi connectivity index (χ4v) is 2.38. The van der Waals surface area contributed by atoms with Crippen LogP contribution in [0.2, 0.25) is 0 Å². The normalized spacial score (nSPS) is 33.5. The molecule has 0 aromatic rings. The highest BCUT2D eigenvalue weighted by Crippen LogP contribution is 2.52. The molecule has 2 aliphatic rings. The quantitative estimate of drug-likeness (QED) is 0.450. The number of likely N-dealkylation sites (tertiary alicyclic amines) is 1. The highest BCUT2D eigenvalue weighted by molar-refractivity contribution is 6.09. The molecule has 1 aliphatic heterocycles. The summed E-state index contributed by atoms with van der Waals surface area (Å²) in [5, 5.41) is 8.91.